The van der Waals surface area contributed by atoms with Crippen LogP contribution in [0.25, 0.3) is 0 Å². The summed E-state index contributed by atoms with van der Waals surface area (Å²) in [4.78, 5) is 1.43. The Bertz CT molecular complexity index is 351. The molecule has 1 heterocycles. The van der Waals surface area contributed by atoms with Crippen molar-refractivity contribution < 1.29 is 0 Å². The van der Waals surface area contributed by atoms with E-state index in [0.717, 1.165) is 0 Å². The fraction of sp³-hybridized carbons (Fsp3) is 0.500. The van der Waals surface area contributed by atoms with Crippen molar-refractivity contribution in [3.63, 3.8) is 0 Å². The van der Waals surface area contributed by atoms with Crippen molar-refractivity contribution in [3.8, 4) is 0 Å². The SMILES string of the molecule is CC(C)NC1CCSc2ccc(Br)cc21. The Hall–Kier alpha value is 0.01000. The Morgan fingerprint density at radius 2 is 2.27 bits per heavy atom. The normalized spacial score (nSPS) is 20.4. The van der Waals surface area contributed by atoms with Crippen LogP contribution in [0.1, 0.15) is 31.9 Å². The van der Waals surface area contributed by atoms with Crippen molar-refractivity contribution in [2.45, 2.75) is 37.2 Å². The van der Waals surface area contributed by atoms with Gasteiger partial charge in [-0.15, -0.1) is 11.8 Å². The smallest absolute Gasteiger partial charge is 0.0341 e. The molecule has 1 nitrogen and oxygen atoms in total. The molecule has 1 unspecified atom stereocenters. The number of nitrogens with one attached hydrogen (secondary N) is 1. The summed E-state index contributed by atoms with van der Waals surface area (Å²) < 4.78 is 1.18. The van der Waals surface area contributed by atoms with Crippen LogP contribution in [-0.2, 0) is 0 Å². The third-order valence-corrected chi connectivity index (χ3v) is 4.16. The zero-order chi connectivity index (χ0) is 10.8. The van der Waals surface area contributed by atoms with Gasteiger partial charge in [-0.1, -0.05) is 29.8 Å². The summed E-state index contributed by atoms with van der Waals surface area (Å²) in [5.74, 6) is 1.22. The number of hydrogen-bond acceptors (Lipinski definition) is 2. The van der Waals surface area contributed by atoms with Crippen LogP contribution in [0, 0.1) is 0 Å². The van der Waals surface area contributed by atoms with E-state index < -0.39 is 0 Å². The first kappa shape index (κ1) is 11.5. The lowest BCUT2D eigenvalue weighted by atomic mass is 10.0. The lowest BCUT2D eigenvalue weighted by molar-refractivity contribution is 0.459. The summed E-state index contributed by atoms with van der Waals surface area (Å²) in [7, 11) is 0. The summed E-state index contributed by atoms with van der Waals surface area (Å²) >= 11 is 5.51. The third kappa shape index (κ3) is 2.77. The summed E-state index contributed by atoms with van der Waals surface area (Å²) in [6.07, 6.45) is 1.23. The van der Waals surface area contributed by atoms with Gasteiger partial charge < -0.3 is 5.32 Å². The second kappa shape index (κ2) is 4.89. The average Bonchev–Trinajstić information content (AvgIpc) is 2.18. The van der Waals surface area contributed by atoms with E-state index in [-0.39, 0.29) is 0 Å². The summed E-state index contributed by atoms with van der Waals surface area (Å²) in [5, 5.41) is 3.63. The first-order valence-corrected chi connectivity index (χ1v) is 7.13. The van der Waals surface area contributed by atoms with Gasteiger partial charge in [-0.25, -0.2) is 0 Å². The van der Waals surface area contributed by atoms with E-state index in [4.69, 9.17) is 0 Å². The van der Waals surface area contributed by atoms with Crippen LogP contribution in [0.15, 0.2) is 27.6 Å². The highest BCUT2D eigenvalue weighted by atomic mass is 79.9. The first-order valence-electron chi connectivity index (χ1n) is 5.35. The van der Waals surface area contributed by atoms with Crippen molar-refractivity contribution in [2.24, 2.45) is 0 Å². The summed E-state index contributed by atoms with van der Waals surface area (Å²) in [6, 6.07) is 7.67. The maximum atomic E-state index is 3.63. The van der Waals surface area contributed by atoms with Crippen LogP contribution in [-0.4, -0.2) is 11.8 Å². The van der Waals surface area contributed by atoms with Gasteiger partial charge in [-0.2, -0.15) is 0 Å². The minimum Gasteiger partial charge on any atom is -0.308 e. The highest BCUT2D eigenvalue weighted by molar-refractivity contribution is 9.10. The molecule has 0 aromatic heterocycles. The van der Waals surface area contributed by atoms with E-state index in [1.165, 1.54) is 27.1 Å². The largest absolute Gasteiger partial charge is 0.308 e. The molecule has 1 N–H and O–H groups in total. The monoisotopic (exact) mass is 285 g/mol. The number of rotatable bonds is 2. The second-order valence-electron chi connectivity index (χ2n) is 4.19. The van der Waals surface area contributed by atoms with Crippen molar-refractivity contribution in [1.82, 2.24) is 5.32 Å². The van der Waals surface area contributed by atoms with E-state index in [9.17, 15) is 0 Å². The molecule has 0 saturated carbocycles. The molecule has 0 aliphatic carbocycles. The summed E-state index contributed by atoms with van der Waals surface area (Å²) in [5.41, 5.74) is 1.45. The maximum Gasteiger partial charge on any atom is 0.0341 e. The number of hydrogen-bond donors (Lipinski definition) is 1. The van der Waals surface area contributed by atoms with E-state index in [1.54, 1.807) is 0 Å². The molecule has 0 radical (unpaired) electrons. The minimum atomic E-state index is 0.527. The molecule has 1 atom stereocenters. The molecule has 2 rings (SSSR count). The van der Waals surface area contributed by atoms with Crippen molar-refractivity contribution >= 4 is 27.7 Å². The average molecular weight is 286 g/mol. The Balaban J connectivity index is 2.28. The number of halogens is 1. The van der Waals surface area contributed by atoms with Gasteiger partial charge in [-0.3, -0.25) is 0 Å². The lowest BCUT2D eigenvalue weighted by Crippen LogP contribution is -2.30. The van der Waals surface area contributed by atoms with Crippen LogP contribution < -0.4 is 5.32 Å². The Morgan fingerprint density at radius 1 is 1.47 bits per heavy atom. The molecular formula is C12H16BrNS. The van der Waals surface area contributed by atoms with Gasteiger partial charge in [0.25, 0.3) is 0 Å². The topological polar surface area (TPSA) is 12.0 Å². The predicted molar refractivity (Wildman–Crippen MR) is 70.5 cm³/mol. The molecule has 1 aliphatic rings. The molecular weight excluding hydrogens is 270 g/mol. The minimum absolute atomic E-state index is 0.527. The van der Waals surface area contributed by atoms with Crippen LogP contribution in [0.3, 0.4) is 0 Å². The van der Waals surface area contributed by atoms with Crippen molar-refractivity contribution in [2.75, 3.05) is 5.75 Å². The quantitative estimate of drug-likeness (QED) is 0.882. The predicted octanol–water partition coefficient (Wildman–Crippen LogP) is 3.98. The number of fused-ring (bicyclic) bond motifs is 1. The van der Waals surface area contributed by atoms with Gasteiger partial charge in [0.15, 0.2) is 0 Å². The molecule has 0 bridgehead atoms. The van der Waals surface area contributed by atoms with E-state index in [2.05, 4.69) is 53.3 Å². The highest BCUT2D eigenvalue weighted by Gasteiger charge is 2.20. The lowest BCUT2D eigenvalue weighted by Gasteiger charge is -2.28. The molecule has 82 valence electrons. The molecule has 0 saturated heterocycles. The van der Waals surface area contributed by atoms with Crippen molar-refractivity contribution in [1.29, 1.82) is 0 Å². The van der Waals surface area contributed by atoms with E-state index >= 15 is 0 Å². The number of benzene rings is 1. The second-order valence-corrected chi connectivity index (χ2v) is 6.25. The van der Waals surface area contributed by atoms with Crippen LogP contribution in [0.2, 0.25) is 0 Å². The van der Waals surface area contributed by atoms with Crippen molar-refractivity contribution in [3.05, 3.63) is 28.2 Å². The molecule has 0 amide bonds. The standard InChI is InChI=1S/C12H16BrNS/c1-8(2)14-11-5-6-15-12-4-3-9(13)7-10(11)12/h3-4,7-8,11,14H,5-6H2,1-2H3. The molecule has 15 heavy (non-hydrogen) atoms. The molecule has 0 spiro atoms. The highest BCUT2D eigenvalue weighted by Crippen LogP contribution is 2.37. The fourth-order valence-corrected chi connectivity index (χ4v) is 3.43. The first-order chi connectivity index (χ1) is 7.16. The summed E-state index contributed by atoms with van der Waals surface area (Å²) in [6.45, 7) is 4.42. The van der Waals surface area contributed by atoms with Crippen LogP contribution in [0.4, 0.5) is 0 Å². The van der Waals surface area contributed by atoms with Gasteiger partial charge in [-0.05, 0) is 35.9 Å². The Kier molecular flexibility index (Phi) is 3.75. The Morgan fingerprint density at radius 3 is 3.00 bits per heavy atom. The molecule has 1 aromatic carbocycles. The number of thioether (sulfide) groups is 1. The van der Waals surface area contributed by atoms with Gasteiger partial charge in [0.2, 0.25) is 0 Å². The third-order valence-electron chi connectivity index (χ3n) is 2.55. The molecule has 1 aliphatic heterocycles. The van der Waals surface area contributed by atoms with E-state index in [0.29, 0.717) is 12.1 Å². The van der Waals surface area contributed by atoms with Gasteiger partial charge in [0.05, 0.1) is 0 Å². The molecule has 0 fully saturated rings. The van der Waals surface area contributed by atoms with Gasteiger partial charge in [0.1, 0.15) is 0 Å². The molecule has 1 aromatic rings. The van der Waals surface area contributed by atoms with Crippen LogP contribution >= 0.6 is 27.7 Å². The Labute approximate surface area is 104 Å². The fourth-order valence-electron chi connectivity index (χ4n) is 1.94. The zero-order valence-electron chi connectivity index (χ0n) is 9.09. The van der Waals surface area contributed by atoms with Crippen LogP contribution in [0.5, 0.6) is 0 Å². The van der Waals surface area contributed by atoms with E-state index in [1.807, 2.05) is 11.8 Å². The van der Waals surface area contributed by atoms with Gasteiger partial charge in [0, 0.05) is 21.5 Å². The maximum absolute atomic E-state index is 3.63. The molecule has 3 heteroatoms. The zero-order valence-corrected chi connectivity index (χ0v) is 11.5. The van der Waals surface area contributed by atoms with Gasteiger partial charge >= 0.3 is 0 Å².